The maximum atomic E-state index is 12.2. The molecule has 8 nitrogen and oxygen atoms in total. The summed E-state index contributed by atoms with van der Waals surface area (Å²) in [5.41, 5.74) is 1.11. The van der Waals surface area contributed by atoms with Crippen LogP contribution in [0.1, 0.15) is 17.3 Å². The van der Waals surface area contributed by atoms with Crippen molar-refractivity contribution in [3.8, 4) is 5.75 Å². The summed E-state index contributed by atoms with van der Waals surface area (Å²) >= 11 is 0. The number of amides is 1. The molecule has 2 aromatic rings. The Labute approximate surface area is 153 Å². The van der Waals surface area contributed by atoms with E-state index in [2.05, 4.69) is 37.7 Å². The van der Waals surface area contributed by atoms with Crippen LogP contribution in [0.15, 0.2) is 30.5 Å². The van der Waals surface area contributed by atoms with Crippen LogP contribution in [0.25, 0.3) is 0 Å². The van der Waals surface area contributed by atoms with E-state index in [0.29, 0.717) is 23.1 Å². The predicted octanol–water partition coefficient (Wildman–Crippen LogP) is 1.39. The number of piperazine rings is 1. The Kier molecular flexibility index (Phi) is 5.52. The number of ether oxygens (including phenoxy) is 1. The van der Waals surface area contributed by atoms with E-state index >= 15 is 0 Å². The molecular weight excluding hydrogens is 332 g/mol. The average Bonchev–Trinajstić information content (AvgIpc) is 2.68. The van der Waals surface area contributed by atoms with E-state index in [9.17, 15) is 4.79 Å². The molecule has 1 atom stereocenters. The molecule has 1 aliphatic heterocycles. The van der Waals surface area contributed by atoms with Crippen molar-refractivity contribution >= 4 is 23.4 Å². The predicted molar refractivity (Wildman–Crippen MR) is 101 cm³/mol. The summed E-state index contributed by atoms with van der Waals surface area (Å²) in [4.78, 5) is 23.4. The maximum absolute atomic E-state index is 12.2. The number of nitrogens with one attached hydrogen (secondary N) is 3. The molecule has 8 heteroatoms. The van der Waals surface area contributed by atoms with Gasteiger partial charge in [-0.05, 0) is 19.1 Å². The summed E-state index contributed by atoms with van der Waals surface area (Å²) < 4.78 is 5.38. The van der Waals surface area contributed by atoms with Gasteiger partial charge in [0.2, 0.25) is 5.95 Å². The van der Waals surface area contributed by atoms with E-state index < -0.39 is 0 Å². The second kappa shape index (κ2) is 8.01. The Hall–Kier alpha value is -2.87. The van der Waals surface area contributed by atoms with E-state index in [-0.39, 0.29) is 11.9 Å². The standard InChI is InChI=1S/C18H24N6O2/c1-12-10-20-8-9-24(12)18-21-11-13(17(25)19-2)16(23-18)22-14-6-4-5-7-15(14)26-3/h4-7,11-12,20H,8-10H2,1-3H3,(H,19,25)(H,21,22,23)/t12-/m1/s1. The van der Waals surface area contributed by atoms with Gasteiger partial charge in [-0.2, -0.15) is 4.98 Å². The quantitative estimate of drug-likeness (QED) is 0.746. The van der Waals surface area contributed by atoms with Crippen molar-refractivity contribution in [2.24, 2.45) is 0 Å². The van der Waals surface area contributed by atoms with Crippen LogP contribution in [0.3, 0.4) is 0 Å². The molecule has 1 aromatic heterocycles. The van der Waals surface area contributed by atoms with Crippen LogP contribution in [0.2, 0.25) is 0 Å². The number of aromatic nitrogens is 2. The highest BCUT2D eigenvalue weighted by Gasteiger charge is 2.23. The number of carbonyl (C=O) groups excluding carboxylic acids is 1. The Morgan fingerprint density at radius 2 is 2.19 bits per heavy atom. The number of para-hydroxylation sites is 2. The van der Waals surface area contributed by atoms with Crippen LogP contribution < -0.4 is 25.6 Å². The van der Waals surface area contributed by atoms with Crippen molar-refractivity contribution < 1.29 is 9.53 Å². The van der Waals surface area contributed by atoms with Gasteiger partial charge in [0, 0.05) is 38.9 Å². The van der Waals surface area contributed by atoms with Gasteiger partial charge in [0.1, 0.15) is 17.1 Å². The molecule has 1 amide bonds. The lowest BCUT2D eigenvalue weighted by atomic mass is 10.2. The van der Waals surface area contributed by atoms with Gasteiger partial charge in [-0.1, -0.05) is 12.1 Å². The van der Waals surface area contributed by atoms with Gasteiger partial charge in [0.25, 0.3) is 5.91 Å². The molecule has 1 saturated heterocycles. The third-order valence-corrected chi connectivity index (χ3v) is 4.37. The fourth-order valence-electron chi connectivity index (χ4n) is 2.92. The second-order valence-corrected chi connectivity index (χ2v) is 6.08. The summed E-state index contributed by atoms with van der Waals surface area (Å²) in [5.74, 6) is 1.47. The Morgan fingerprint density at radius 3 is 2.92 bits per heavy atom. The number of hydrogen-bond acceptors (Lipinski definition) is 7. The first-order valence-corrected chi connectivity index (χ1v) is 8.60. The summed E-state index contributed by atoms with van der Waals surface area (Å²) in [6, 6.07) is 7.78. The van der Waals surface area contributed by atoms with Gasteiger partial charge in [0.05, 0.1) is 12.8 Å². The van der Waals surface area contributed by atoms with Crippen LogP contribution >= 0.6 is 0 Å². The third kappa shape index (κ3) is 3.70. The molecule has 0 saturated carbocycles. The fourth-order valence-corrected chi connectivity index (χ4v) is 2.92. The van der Waals surface area contributed by atoms with Crippen molar-refractivity contribution in [3.63, 3.8) is 0 Å². The molecule has 1 fully saturated rings. The zero-order valence-corrected chi connectivity index (χ0v) is 15.2. The molecular formula is C18H24N6O2. The Morgan fingerprint density at radius 1 is 1.38 bits per heavy atom. The SMILES string of the molecule is CNC(=O)c1cnc(N2CCNC[C@H]2C)nc1Nc1ccccc1OC. The van der Waals surface area contributed by atoms with Gasteiger partial charge in [-0.25, -0.2) is 4.98 Å². The zero-order chi connectivity index (χ0) is 18.5. The molecule has 1 aromatic carbocycles. The van der Waals surface area contributed by atoms with Gasteiger partial charge >= 0.3 is 0 Å². The summed E-state index contributed by atoms with van der Waals surface area (Å²) in [6.07, 6.45) is 1.56. The topological polar surface area (TPSA) is 91.4 Å². The van der Waals surface area contributed by atoms with E-state index in [4.69, 9.17) is 4.74 Å². The Bertz CT molecular complexity index is 782. The number of anilines is 3. The fraction of sp³-hybridized carbons (Fsp3) is 0.389. The summed E-state index contributed by atoms with van der Waals surface area (Å²) in [7, 11) is 3.19. The molecule has 0 radical (unpaired) electrons. The van der Waals surface area contributed by atoms with Crippen molar-refractivity contribution in [2.75, 3.05) is 44.0 Å². The minimum absolute atomic E-state index is 0.248. The molecule has 3 N–H and O–H groups in total. The molecule has 1 aliphatic rings. The van der Waals surface area contributed by atoms with Gasteiger partial charge < -0.3 is 25.6 Å². The molecule has 26 heavy (non-hydrogen) atoms. The highest BCUT2D eigenvalue weighted by molar-refractivity contribution is 5.99. The van der Waals surface area contributed by atoms with E-state index in [0.717, 1.165) is 25.3 Å². The van der Waals surface area contributed by atoms with Crippen LogP contribution in [0, 0.1) is 0 Å². The highest BCUT2D eigenvalue weighted by Crippen LogP contribution is 2.28. The van der Waals surface area contributed by atoms with Crippen molar-refractivity contribution in [1.29, 1.82) is 0 Å². The first kappa shape index (κ1) is 17.9. The number of hydrogen-bond donors (Lipinski definition) is 3. The van der Waals surface area contributed by atoms with Gasteiger partial charge in [-0.15, -0.1) is 0 Å². The van der Waals surface area contributed by atoms with Gasteiger partial charge in [-0.3, -0.25) is 4.79 Å². The minimum atomic E-state index is -0.248. The van der Waals surface area contributed by atoms with Crippen molar-refractivity contribution in [2.45, 2.75) is 13.0 Å². The van der Waals surface area contributed by atoms with E-state index in [1.54, 1.807) is 20.4 Å². The first-order valence-electron chi connectivity index (χ1n) is 8.60. The Balaban J connectivity index is 1.99. The third-order valence-electron chi connectivity index (χ3n) is 4.37. The lowest BCUT2D eigenvalue weighted by molar-refractivity contribution is 0.0963. The second-order valence-electron chi connectivity index (χ2n) is 6.08. The molecule has 0 unspecified atom stereocenters. The smallest absolute Gasteiger partial charge is 0.256 e. The number of nitrogens with zero attached hydrogens (tertiary/aromatic N) is 3. The van der Waals surface area contributed by atoms with Crippen LogP contribution in [-0.4, -0.2) is 55.7 Å². The summed E-state index contributed by atoms with van der Waals surface area (Å²) in [5, 5.41) is 9.20. The number of carbonyl (C=O) groups is 1. The first-order chi connectivity index (χ1) is 12.6. The molecule has 0 aliphatic carbocycles. The molecule has 0 spiro atoms. The van der Waals surface area contributed by atoms with E-state index in [1.807, 2.05) is 24.3 Å². The molecule has 138 valence electrons. The monoisotopic (exact) mass is 356 g/mol. The van der Waals surface area contributed by atoms with Crippen LogP contribution in [0.5, 0.6) is 5.75 Å². The zero-order valence-electron chi connectivity index (χ0n) is 15.2. The molecule has 3 rings (SSSR count). The normalized spacial score (nSPS) is 16.9. The number of rotatable bonds is 5. The van der Waals surface area contributed by atoms with Crippen LogP contribution in [0.4, 0.5) is 17.5 Å². The summed E-state index contributed by atoms with van der Waals surface area (Å²) in [6.45, 7) is 4.68. The average molecular weight is 356 g/mol. The van der Waals surface area contributed by atoms with Gasteiger partial charge in [0.15, 0.2) is 0 Å². The maximum Gasteiger partial charge on any atom is 0.256 e. The lowest BCUT2D eigenvalue weighted by Crippen LogP contribution is -2.50. The van der Waals surface area contributed by atoms with E-state index in [1.165, 1.54) is 0 Å². The van der Waals surface area contributed by atoms with Crippen molar-refractivity contribution in [1.82, 2.24) is 20.6 Å². The molecule has 2 heterocycles. The minimum Gasteiger partial charge on any atom is -0.495 e. The lowest BCUT2D eigenvalue weighted by Gasteiger charge is -2.34. The highest BCUT2D eigenvalue weighted by atomic mass is 16.5. The number of methoxy groups -OCH3 is 1. The largest absolute Gasteiger partial charge is 0.495 e. The van der Waals surface area contributed by atoms with Crippen molar-refractivity contribution in [3.05, 3.63) is 36.0 Å². The van der Waals surface area contributed by atoms with Crippen LogP contribution in [-0.2, 0) is 0 Å². The number of benzene rings is 1. The molecule has 0 bridgehead atoms.